The van der Waals surface area contributed by atoms with E-state index in [1.165, 1.54) is 22.3 Å². The van der Waals surface area contributed by atoms with Gasteiger partial charge in [0.05, 0.1) is 5.69 Å². The zero-order valence-corrected chi connectivity index (χ0v) is 17.8. The van der Waals surface area contributed by atoms with Crippen LogP contribution in [0.3, 0.4) is 0 Å². The minimum atomic E-state index is 0. The first-order chi connectivity index (χ1) is 12.6. The van der Waals surface area contributed by atoms with Gasteiger partial charge in [0.15, 0.2) is 0 Å². The van der Waals surface area contributed by atoms with Gasteiger partial charge in [-0.3, -0.25) is 0 Å². The van der Waals surface area contributed by atoms with Crippen molar-refractivity contribution in [1.82, 2.24) is 9.88 Å². The molecule has 0 amide bonds. The summed E-state index contributed by atoms with van der Waals surface area (Å²) in [5.74, 6) is 2.69. The molecule has 0 bridgehead atoms. The van der Waals surface area contributed by atoms with Crippen LogP contribution in [0.1, 0.15) is 10.6 Å². The molecule has 2 aliphatic rings. The average Bonchev–Trinajstić information content (AvgIpc) is 3.38. The number of rotatable bonds is 4. The van der Waals surface area contributed by atoms with Crippen LogP contribution >= 0.6 is 11.3 Å². The third-order valence-electron chi connectivity index (χ3n) is 4.01. The van der Waals surface area contributed by atoms with Gasteiger partial charge in [-0.25, -0.2) is 4.98 Å². The Balaban J connectivity index is 0.000000379. The van der Waals surface area contributed by atoms with Gasteiger partial charge in [-0.1, -0.05) is 30.3 Å². The molecule has 2 aliphatic carbocycles. The topological polar surface area (TPSA) is 16.1 Å². The summed E-state index contributed by atoms with van der Waals surface area (Å²) in [6.45, 7) is 3.06. The van der Waals surface area contributed by atoms with Gasteiger partial charge in [0.1, 0.15) is 5.01 Å². The van der Waals surface area contributed by atoms with Gasteiger partial charge < -0.3 is 4.90 Å². The molecule has 10 radical (unpaired) electrons. The van der Waals surface area contributed by atoms with Gasteiger partial charge in [0.2, 0.25) is 0 Å². The predicted octanol–water partition coefficient (Wildman–Crippen LogP) is 4.82. The number of thiazole rings is 1. The zero-order chi connectivity index (χ0) is 18.4. The molecule has 1 aromatic heterocycles. The Morgan fingerprint density at radius 1 is 0.889 bits per heavy atom. The Bertz CT molecular complexity index is 657. The van der Waals surface area contributed by atoms with Gasteiger partial charge in [-0.2, -0.15) is 0 Å². The number of aromatic nitrogens is 1. The molecule has 2 fully saturated rings. The van der Waals surface area contributed by atoms with Crippen LogP contribution in [0.5, 0.6) is 0 Å². The molecule has 27 heavy (non-hydrogen) atoms. The van der Waals surface area contributed by atoms with E-state index in [4.69, 9.17) is 4.98 Å². The third kappa shape index (κ3) is 6.42. The molecule has 0 atom stereocenters. The largest absolute Gasteiger partial charge is 0.309 e. The van der Waals surface area contributed by atoms with E-state index in [0.717, 1.165) is 17.2 Å². The second-order valence-corrected chi connectivity index (χ2v) is 7.46. The van der Waals surface area contributed by atoms with Crippen LogP contribution in [0.15, 0.2) is 30.3 Å². The smallest absolute Gasteiger partial charge is 0.123 e. The molecule has 4 heteroatoms. The van der Waals surface area contributed by atoms with E-state index in [0.29, 0.717) is 0 Å². The van der Waals surface area contributed by atoms with Crippen molar-refractivity contribution in [3.63, 3.8) is 0 Å². The maximum Gasteiger partial charge on any atom is 0.123 e. The van der Waals surface area contributed by atoms with E-state index in [9.17, 15) is 0 Å². The molecule has 1 heterocycles. The van der Waals surface area contributed by atoms with Crippen molar-refractivity contribution < 1.29 is 17.1 Å². The molecule has 0 N–H and O–H groups in total. The first-order valence-corrected chi connectivity index (χ1v) is 9.56. The molecule has 2 saturated carbocycles. The zero-order valence-electron chi connectivity index (χ0n) is 15.9. The van der Waals surface area contributed by atoms with Gasteiger partial charge in [0, 0.05) is 45.9 Å². The fourth-order valence-corrected chi connectivity index (χ4v) is 3.96. The molecule has 140 valence electrons. The monoisotopic (exact) mass is 416 g/mol. The van der Waals surface area contributed by atoms with E-state index < -0.39 is 0 Å². The second kappa shape index (κ2) is 11.4. The van der Waals surface area contributed by atoms with Crippen molar-refractivity contribution in [2.24, 2.45) is 0 Å². The van der Waals surface area contributed by atoms with E-state index in [1.54, 1.807) is 11.3 Å². The second-order valence-electron chi connectivity index (χ2n) is 6.46. The minimum absolute atomic E-state index is 0. The summed E-state index contributed by atoms with van der Waals surface area (Å²) >= 11 is 1.78. The summed E-state index contributed by atoms with van der Waals surface area (Å²) < 4.78 is 0. The molecule has 0 aliphatic heterocycles. The van der Waals surface area contributed by atoms with Crippen LogP contribution in [0.2, 0.25) is 0 Å². The van der Waals surface area contributed by atoms with E-state index >= 15 is 0 Å². The van der Waals surface area contributed by atoms with Gasteiger partial charge >= 0.3 is 0 Å². The maximum absolute atomic E-state index is 4.76. The number of nitrogens with zero attached hydrogens (tertiary/aromatic N) is 2. The summed E-state index contributed by atoms with van der Waals surface area (Å²) in [7, 11) is 4.21. The summed E-state index contributed by atoms with van der Waals surface area (Å²) in [6, 6.07) is 10.4. The quantitative estimate of drug-likeness (QED) is 0.665. The predicted molar refractivity (Wildman–Crippen MR) is 111 cm³/mol. The van der Waals surface area contributed by atoms with Crippen molar-refractivity contribution in [1.29, 1.82) is 0 Å². The SMILES string of the molecule is Cc1nc(-c2ccccc2)sc1[C]1[CH][CH][CH][C]1CN(C)C.[CH]1[CH][CH][CH][CH]1.[Fe]. The molecule has 2 nitrogen and oxygen atoms in total. The van der Waals surface area contributed by atoms with Crippen LogP contribution in [-0.2, 0) is 17.1 Å². The van der Waals surface area contributed by atoms with E-state index in [2.05, 4.69) is 69.4 Å². The normalized spacial score (nSPS) is 17.6. The van der Waals surface area contributed by atoms with Gasteiger partial charge in [-0.15, -0.1) is 11.3 Å². The minimum Gasteiger partial charge on any atom is -0.309 e. The molecule has 1 aromatic carbocycles. The Labute approximate surface area is 180 Å². The Morgan fingerprint density at radius 2 is 1.52 bits per heavy atom. The van der Waals surface area contributed by atoms with E-state index in [1.807, 2.05) is 38.2 Å². The summed E-state index contributed by atoms with van der Waals surface area (Å²) in [6.07, 6.45) is 16.5. The van der Waals surface area contributed by atoms with Crippen LogP contribution < -0.4 is 0 Å². The molecule has 0 spiro atoms. The Kier molecular flexibility index (Phi) is 9.52. The number of hydrogen-bond acceptors (Lipinski definition) is 3. The van der Waals surface area contributed by atoms with Crippen molar-refractivity contribution >= 4 is 11.3 Å². The first-order valence-electron chi connectivity index (χ1n) is 8.74. The van der Waals surface area contributed by atoms with Crippen LogP contribution in [0.25, 0.3) is 10.6 Å². The summed E-state index contributed by atoms with van der Waals surface area (Å²) in [4.78, 5) is 8.25. The van der Waals surface area contributed by atoms with Gasteiger partial charge in [0.25, 0.3) is 0 Å². The molecule has 2 aromatic rings. The van der Waals surface area contributed by atoms with Crippen LogP contribution in [0.4, 0.5) is 0 Å². The Hall–Kier alpha value is -0.671. The van der Waals surface area contributed by atoms with Crippen LogP contribution in [-0.4, -0.2) is 30.5 Å². The number of aryl methyl sites for hydroxylation is 1. The number of benzene rings is 1. The van der Waals surface area contributed by atoms with Crippen molar-refractivity contribution in [2.45, 2.75) is 6.92 Å². The standard InChI is InChI=1S/C18H19N2S.C5H5.Fe/c1-13-17(16-11-7-10-15(16)12-20(2)3)21-18(19-13)14-8-5-4-6-9-14;1-2-4-5-3-1;/h4-11H,12H2,1-3H3;1-5H;. The number of hydrogen-bond donors (Lipinski definition) is 0. The molecule has 0 unspecified atom stereocenters. The van der Waals surface area contributed by atoms with Crippen molar-refractivity contribution in [2.75, 3.05) is 20.6 Å². The molecule has 4 rings (SSSR count). The fraction of sp³-hybridized carbons (Fsp3) is 0.174. The fourth-order valence-electron chi connectivity index (χ4n) is 2.83. The molecule has 0 saturated heterocycles. The van der Waals surface area contributed by atoms with Crippen molar-refractivity contribution in [3.05, 3.63) is 104 Å². The summed E-state index contributed by atoms with van der Waals surface area (Å²) in [5.41, 5.74) is 2.31. The maximum atomic E-state index is 4.76. The average molecular weight is 416 g/mol. The first kappa shape index (κ1) is 22.6. The van der Waals surface area contributed by atoms with Crippen molar-refractivity contribution in [3.8, 4) is 10.6 Å². The van der Waals surface area contributed by atoms with Gasteiger partial charge in [-0.05, 0) is 72.4 Å². The van der Waals surface area contributed by atoms with E-state index in [-0.39, 0.29) is 17.1 Å². The summed E-state index contributed by atoms with van der Waals surface area (Å²) in [5, 5.41) is 1.10. The molecular formula is C23H24FeN2S. The molecular weight excluding hydrogens is 392 g/mol. The third-order valence-corrected chi connectivity index (χ3v) is 5.25. The Morgan fingerprint density at radius 3 is 2.11 bits per heavy atom. The van der Waals surface area contributed by atoms with Crippen LogP contribution in [0, 0.1) is 70.1 Å².